The van der Waals surface area contributed by atoms with Crippen molar-refractivity contribution in [3.05, 3.63) is 28.6 Å². The Morgan fingerprint density at radius 1 is 1.40 bits per heavy atom. The van der Waals surface area contributed by atoms with Gasteiger partial charge in [0.15, 0.2) is 0 Å². The highest BCUT2D eigenvalue weighted by Gasteiger charge is 2.35. The second kappa shape index (κ2) is 6.15. The van der Waals surface area contributed by atoms with Gasteiger partial charge < -0.3 is 4.74 Å². The van der Waals surface area contributed by atoms with Crippen molar-refractivity contribution in [3.8, 4) is 0 Å². The lowest BCUT2D eigenvalue weighted by Gasteiger charge is -2.14. The van der Waals surface area contributed by atoms with Crippen LogP contribution in [0.5, 0.6) is 0 Å². The molecule has 0 aliphatic carbocycles. The fourth-order valence-electron chi connectivity index (χ4n) is 1.59. The Morgan fingerprint density at radius 2 is 2.00 bits per heavy atom. The molecule has 0 aliphatic heterocycles. The quantitative estimate of drug-likeness (QED) is 0.631. The van der Waals surface area contributed by atoms with Crippen molar-refractivity contribution in [2.75, 3.05) is 6.61 Å². The number of aromatic nitrogens is 1. The zero-order valence-corrected chi connectivity index (χ0v) is 10.7. The molecule has 3 nitrogen and oxygen atoms in total. The first-order chi connectivity index (χ1) is 9.16. The highest BCUT2D eigenvalue weighted by Crippen LogP contribution is 2.32. The summed E-state index contributed by atoms with van der Waals surface area (Å²) in [7, 11) is 0. The number of carbonyl (C=O) groups is 1. The molecule has 1 aromatic heterocycles. The molecule has 0 bridgehead atoms. The van der Waals surface area contributed by atoms with Crippen molar-refractivity contribution in [1.82, 2.24) is 4.98 Å². The minimum Gasteiger partial charge on any atom is -0.466 e. The molecule has 1 aromatic rings. The summed E-state index contributed by atoms with van der Waals surface area (Å²) in [5, 5.41) is 0. The Bertz CT molecular complexity index is 499. The highest BCUT2D eigenvalue weighted by molar-refractivity contribution is 5.73. The fourth-order valence-corrected chi connectivity index (χ4v) is 1.59. The molecule has 1 heterocycles. The molecule has 0 amide bonds. The van der Waals surface area contributed by atoms with Crippen LogP contribution in [0.2, 0.25) is 0 Å². The molecule has 0 saturated heterocycles. The summed E-state index contributed by atoms with van der Waals surface area (Å²) < 4.78 is 67.8. The zero-order valence-electron chi connectivity index (χ0n) is 10.7. The Morgan fingerprint density at radius 3 is 2.45 bits per heavy atom. The number of nitrogens with zero attached hydrogens (tertiary/aromatic N) is 1. The Kier molecular flexibility index (Phi) is 5.02. The third-order valence-corrected chi connectivity index (χ3v) is 2.55. The number of carbonyl (C=O) groups excluding carboxylic acids is 1. The van der Waals surface area contributed by atoms with Crippen molar-refractivity contribution < 1.29 is 31.5 Å². The summed E-state index contributed by atoms with van der Waals surface area (Å²) in [5.41, 5.74) is -2.72. The number of rotatable bonds is 4. The number of ether oxygens (including phenoxy) is 1. The third kappa shape index (κ3) is 3.88. The maximum absolute atomic E-state index is 12.7. The average molecular weight is 297 g/mol. The molecular weight excluding hydrogens is 285 g/mol. The molecule has 1 rings (SSSR count). The van der Waals surface area contributed by atoms with E-state index in [9.17, 15) is 26.7 Å². The predicted octanol–water partition coefficient (Wildman–Crippen LogP) is 3.45. The van der Waals surface area contributed by atoms with Crippen LogP contribution in [0.25, 0.3) is 0 Å². The molecule has 0 saturated carbocycles. The fraction of sp³-hybridized carbons (Fsp3) is 0.500. The van der Waals surface area contributed by atoms with Gasteiger partial charge in [0, 0.05) is 0 Å². The van der Waals surface area contributed by atoms with E-state index in [-0.39, 0.29) is 17.7 Å². The van der Waals surface area contributed by atoms with Gasteiger partial charge in [-0.1, -0.05) is 0 Å². The first kappa shape index (κ1) is 16.3. The van der Waals surface area contributed by atoms with Crippen molar-refractivity contribution >= 4 is 5.97 Å². The van der Waals surface area contributed by atoms with Crippen LogP contribution < -0.4 is 0 Å². The molecule has 0 aromatic carbocycles. The van der Waals surface area contributed by atoms with Crippen LogP contribution >= 0.6 is 0 Å². The van der Waals surface area contributed by atoms with E-state index in [4.69, 9.17) is 0 Å². The Labute approximate surface area is 111 Å². The van der Waals surface area contributed by atoms with E-state index in [0.717, 1.165) is 0 Å². The van der Waals surface area contributed by atoms with Crippen LogP contribution in [0.4, 0.5) is 22.0 Å². The van der Waals surface area contributed by atoms with Gasteiger partial charge in [-0.05, 0) is 31.0 Å². The molecule has 8 heteroatoms. The lowest BCUT2D eigenvalue weighted by molar-refractivity contribution is -0.143. The van der Waals surface area contributed by atoms with Gasteiger partial charge in [0.2, 0.25) is 0 Å². The molecule has 0 radical (unpaired) electrons. The van der Waals surface area contributed by atoms with Crippen molar-refractivity contribution in [3.63, 3.8) is 0 Å². The molecule has 0 atom stereocenters. The van der Waals surface area contributed by atoms with Crippen LogP contribution in [0.3, 0.4) is 0 Å². The summed E-state index contributed by atoms with van der Waals surface area (Å²) >= 11 is 0. The summed E-state index contributed by atoms with van der Waals surface area (Å²) in [6.07, 6.45) is -8.52. The maximum atomic E-state index is 12.7. The summed E-state index contributed by atoms with van der Waals surface area (Å²) in [6.45, 7) is 2.78. The molecule has 0 aliphatic rings. The van der Waals surface area contributed by atoms with Gasteiger partial charge >= 0.3 is 12.1 Å². The Balaban J connectivity index is 3.28. The molecule has 0 unspecified atom stereocenters. The van der Waals surface area contributed by atoms with Gasteiger partial charge in [0.25, 0.3) is 6.43 Å². The van der Waals surface area contributed by atoms with E-state index in [1.54, 1.807) is 0 Å². The number of hydrogen-bond acceptors (Lipinski definition) is 3. The smallest absolute Gasteiger partial charge is 0.433 e. The van der Waals surface area contributed by atoms with Crippen LogP contribution in [0.1, 0.15) is 35.9 Å². The van der Waals surface area contributed by atoms with Crippen LogP contribution in [0, 0.1) is 6.92 Å². The summed E-state index contributed by atoms with van der Waals surface area (Å²) in [4.78, 5) is 14.2. The molecule has 0 N–H and O–H groups in total. The maximum Gasteiger partial charge on any atom is 0.433 e. The lowest BCUT2D eigenvalue weighted by atomic mass is 10.0. The minimum atomic E-state index is -4.86. The van der Waals surface area contributed by atoms with E-state index in [1.807, 2.05) is 0 Å². The number of halogens is 5. The first-order valence-electron chi connectivity index (χ1n) is 5.68. The number of pyridine rings is 1. The van der Waals surface area contributed by atoms with Crippen LogP contribution in [0.15, 0.2) is 6.07 Å². The largest absolute Gasteiger partial charge is 0.466 e. The van der Waals surface area contributed by atoms with E-state index < -0.39 is 36.4 Å². The number of hydrogen-bond donors (Lipinski definition) is 0. The van der Waals surface area contributed by atoms with Crippen molar-refractivity contribution in [2.45, 2.75) is 32.9 Å². The topological polar surface area (TPSA) is 39.2 Å². The molecule has 0 fully saturated rings. The number of alkyl halides is 5. The minimum absolute atomic E-state index is 0.0524. The van der Waals surface area contributed by atoms with E-state index >= 15 is 0 Å². The number of esters is 1. The van der Waals surface area contributed by atoms with Gasteiger partial charge in [0.05, 0.1) is 13.0 Å². The summed E-state index contributed by atoms with van der Waals surface area (Å²) in [6, 6.07) is 0.595. The van der Waals surface area contributed by atoms with Gasteiger partial charge in [-0.15, -0.1) is 0 Å². The van der Waals surface area contributed by atoms with Crippen molar-refractivity contribution in [2.24, 2.45) is 0 Å². The van der Waals surface area contributed by atoms with Gasteiger partial charge in [-0.3, -0.25) is 4.79 Å². The molecular formula is C12H12F5NO2. The molecule has 20 heavy (non-hydrogen) atoms. The average Bonchev–Trinajstić information content (AvgIpc) is 2.30. The van der Waals surface area contributed by atoms with Gasteiger partial charge in [-0.25, -0.2) is 13.8 Å². The molecule has 112 valence electrons. The van der Waals surface area contributed by atoms with Gasteiger partial charge in [0.1, 0.15) is 11.4 Å². The van der Waals surface area contributed by atoms with E-state index in [0.29, 0.717) is 6.07 Å². The monoisotopic (exact) mass is 297 g/mol. The zero-order chi connectivity index (χ0) is 15.5. The van der Waals surface area contributed by atoms with E-state index in [2.05, 4.69) is 9.72 Å². The normalized spacial score (nSPS) is 11.8. The first-order valence-corrected chi connectivity index (χ1v) is 5.68. The Hall–Kier alpha value is -1.73. The summed E-state index contributed by atoms with van der Waals surface area (Å²) in [5.74, 6) is -0.782. The second-order valence-electron chi connectivity index (χ2n) is 3.96. The third-order valence-electron chi connectivity index (χ3n) is 2.55. The molecule has 0 spiro atoms. The standard InChI is InChI=1S/C12H12F5NO2/c1-3-20-9(19)5-7-4-8(12(15,16)17)18-10(6(7)2)11(13)14/h4,11H,3,5H2,1-2H3. The van der Waals surface area contributed by atoms with Crippen LogP contribution in [-0.4, -0.2) is 17.6 Å². The van der Waals surface area contributed by atoms with Crippen LogP contribution in [-0.2, 0) is 22.1 Å². The SMILES string of the molecule is CCOC(=O)Cc1cc(C(F)(F)F)nc(C(F)F)c1C. The second-order valence-corrected chi connectivity index (χ2v) is 3.96. The lowest BCUT2D eigenvalue weighted by Crippen LogP contribution is -2.15. The predicted molar refractivity (Wildman–Crippen MR) is 59.3 cm³/mol. The van der Waals surface area contributed by atoms with Crippen molar-refractivity contribution in [1.29, 1.82) is 0 Å². The van der Waals surface area contributed by atoms with E-state index in [1.165, 1.54) is 13.8 Å². The van der Waals surface area contributed by atoms with Gasteiger partial charge in [-0.2, -0.15) is 13.2 Å². The highest BCUT2D eigenvalue weighted by atomic mass is 19.4.